The van der Waals surface area contributed by atoms with Crippen LogP contribution >= 0.6 is 0 Å². The summed E-state index contributed by atoms with van der Waals surface area (Å²) in [6.07, 6.45) is 5.51. The summed E-state index contributed by atoms with van der Waals surface area (Å²) in [6, 6.07) is 5.48. The number of aliphatic hydroxyl groups is 1. The van der Waals surface area contributed by atoms with E-state index in [1.807, 2.05) is 12.1 Å². The molecule has 0 saturated heterocycles. The molecule has 7 heteroatoms. The summed E-state index contributed by atoms with van der Waals surface area (Å²) < 4.78 is 73.3. The maximum atomic E-state index is 13.9. The van der Waals surface area contributed by atoms with Crippen molar-refractivity contribution in [3.63, 3.8) is 0 Å². The summed E-state index contributed by atoms with van der Waals surface area (Å²) in [7, 11) is 0. The Hall–Kier alpha value is -2.15. The minimum Gasteiger partial charge on any atom is -0.489 e. The molecular weight excluding hydrogens is 427 g/mol. The van der Waals surface area contributed by atoms with Crippen molar-refractivity contribution >= 4 is 0 Å². The minimum atomic E-state index is -2.18. The van der Waals surface area contributed by atoms with E-state index in [1.165, 1.54) is 5.56 Å². The Labute approximate surface area is 183 Å². The number of halogens is 5. The van der Waals surface area contributed by atoms with Gasteiger partial charge in [-0.2, -0.15) is 0 Å². The van der Waals surface area contributed by atoms with Gasteiger partial charge in [-0.15, -0.1) is 0 Å². The van der Waals surface area contributed by atoms with Gasteiger partial charge in [0.2, 0.25) is 5.82 Å². The van der Waals surface area contributed by atoms with Gasteiger partial charge >= 0.3 is 0 Å². The molecule has 32 heavy (non-hydrogen) atoms. The molecule has 5 rings (SSSR count). The maximum absolute atomic E-state index is 13.9. The van der Waals surface area contributed by atoms with Crippen LogP contribution in [0.3, 0.4) is 0 Å². The molecule has 0 aliphatic heterocycles. The second kappa shape index (κ2) is 7.72. The number of aryl methyl sites for hydroxylation is 1. The molecule has 2 saturated carbocycles. The highest BCUT2D eigenvalue weighted by atomic mass is 19.2. The summed E-state index contributed by atoms with van der Waals surface area (Å²) in [4.78, 5) is 0. The van der Waals surface area contributed by atoms with Gasteiger partial charge < -0.3 is 9.84 Å². The molecule has 172 valence electrons. The topological polar surface area (TPSA) is 29.5 Å². The average Bonchev–Trinajstić information content (AvgIpc) is 3.10. The molecule has 2 aromatic carbocycles. The molecule has 0 heterocycles. The standard InChI is InChI=1S/C25H25F5O2/c1-25-9-8-15-14-5-3-13(10-12(14)2-4-16(15)18(25)6-7-19(25)31)32-11-17-20(26)22(28)24(30)23(29)21(17)27/h3,5,10,15-16,18-19,31H,2,4,6-9,11H2,1H3/t15-,16-,18+,19-,25+/m1/s1. The molecule has 3 aliphatic rings. The first-order valence-corrected chi connectivity index (χ1v) is 11.2. The van der Waals surface area contributed by atoms with Crippen LogP contribution in [0.2, 0.25) is 0 Å². The molecule has 3 aliphatic carbocycles. The lowest BCUT2D eigenvalue weighted by Crippen LogP contribution is -2.43. The zero-order chi connectivity index (χ0) is 22.8. The van der Waals surface area contributed by atoms with Crippen molar-refractivity contribution in [2.24, 2.45) is 17.3 Å². The molecule has 0 bridgehead atoms. The number of hydrogen-bond acceptors (Lipinski definition) is 2. The lowest BCUT2D eigenvalue weighted by molar-refractivity contribution is -0.0226. The summed E-state index contributed by atoms with van der Waals surface area (Å²) in [5.74, 6) is -8.08. The third-order valence-corrected chi connectivity index (χ3v) is 8.33. The molecule has 0 aromatic heterocycles. The third kappa shape index (κ3) is 3.15. The zero-order valence-corrected chi connectivity index (χ0v) is 17.7. The van der Waals surface area contributed by atoms with Gasteiger partial charge in [-0.3, -0.25) is 0 Å². The molecule has 0 amide bonds. The number of aliphatic hydroxyl groups excluding tert-OH is 1. The lowest BCUT2D eigenvalue weighted by atomic mass is 9.55. The predicted octanol–water partition coefficient (Wildman–Crippen LogP) is 6.18. The van der Waals surface area contributed by atoms with Crippen LogP contribution in [0.1, 0.15) is 61.6 Å². The monoisotopic (exact) mass is 452 g/mol. The third-order valence-electron chi connectivity index (χ3n) is 8.33. The first-order valence-electron chi connectivity index (χ1n) is 11.2. The van der Waals surface area contributed by atoms with Crippen molar-refractivity contribution in [1.29, 1.82) is 0 Å². The average molecular weight is 452 g/mol. The van der Waals surface area contributed by atoms with Gasteiger partial charge in [-0.1, -0.05) is 13.0 Å². The normalized spacial score (nSPS) is 31.1. The van der Waals surface area contributed by atoms with Gasteiger partial charge in [0.1, 0.15) is 12.4 Å². The van der Waals surface area contributed by atoms with E-state index in [-0.39, 0.29) is 11.5 Å². The number of rotatable bonds is 3. The first kappa shape index (κ1) is 21.7. The Morgan fingerprint density at radius 2 is 1.62 bits per heavy atom. The quantitative estimate of drug-likeness (QED) is 0.343. The summed E-state index contributed by atoms with van der Waals surface area (Å²) in [6.45, 7) is 1.46. The summed E-state index contributed by atoms with van der Waals surface area (Å²) in [5.41, 5.74) is 1.36. The van der Waals surface area contributed by atoms with E-state index in [4.69, 9.17) is 4.74 Å². The molecular formula is C25H25F5O2. The van der Waals surface area contributed by atoms with Crippen molar-refractivity contribution in [2.45, 2.75) is 64.1 Å². The van der Waals surface area contributed by atoms with Crippen LogP contribution in [0.5, 0.6) is 5.75 Å². The number of hydrogen-bond donors (Lipinski definition) is 1. The Kier molecular flexibility index (Phi) is 5.23. The molecule has 5 atom stereocenters. The molecule has 0 spiro atoms. The van der Waals surface area contributed by atoms with E-state index in [9.17, 15) is 27.1 Å². The second-order valence-corrected chi connectivity index (χ2v) is 9.75. The highest BCUT2D eigenvalue weighted by Gasteiger charge is 2.54. The van der Waals surface area contributed by atoms with E-state index in [0.717, 1.165) is 44.1 Å². The van der Waals surface area contributed by atoms with Crippen molar-refractivity contribution in [1.82, 2.24) is 0 Å². The van der Waals surface area contributed by atoms with Gasteiger partial charge in [0, 0.05) is 0 Å². The van der Waals surface area contributed by atoms with Gasteiger partial charge in [0.05, 0.1) is 11.7 Å². The van der Waals surface area contributed by atoms with Crippen molar-refractivity contribution in [2.75, 3.05) is 0 Å². The largest absolute Gasteiger partial charge is 0.489 e. The number of fused-ring (bicyclic) bond motifs is 5. The fourth-order valence-electron chi connectivity index (χ4n) is 6.55. The van der Waals surface area contributed by atoms with Crippen LogP contribution in [-0.4, -0.2) is 11.2 Å². The van der Waals surface area contributed by atoms with Crippen LogP contribution in [0.25, 0.3) is 0 Å². The summed E-state index contributed by atoms with van der Waals surface area (Å²) >= 11 is 0. The first-order chi connectivity index (χ1) is 15.2. The highest BCUT2D eigenvalue weighted by molar-refractivity contribution is 5.41. The van der Waals surface area contributed by atoms with Crippen LogP contribution in [-0.2, 0) is 13.0 Å². The summed E-state index contributed by atoms with van der Waals surface area (Å²) in [5, 5.41) is 10.5. The van der Waals surface area contributed by atoms with Gasteiger partial charge in [0.25, 0.3) is 0 Å². The van der Waals surface area contributed by atoms with E-state index < -0.39 is 41.3 Å². The Balaban J connectivity index is 1.36. The van der Waals surface area contributed by atoms with E-state index in [2.05, 4.69) is 6.92 Å². The van der Waals surface area contributed by atoms with Crippen LogP contribution in [0.15, 0.2) is 18.2 Å². The molecule has 0 radical (unpaired) electrons. The van der Waals surface area contributed by atoms with Gasteiger partial charge in [-0.05, 0) is 85.0 Å². The zero-order valence-electron chi connectivity index (χ0n) is 17.7. The van der Waals surface area contributed by atoms with Gasteiger partial charge in [0.15, 0.2) is 23.3 Å². The van der Waals surface area contributed by atoms with Crippen molar-refractivity contribution in [3.8, 4) is 5.75 Å². The van der Waals surface area contributed by atoms with E-state index in [1.54, 1.807) is 6.07 Å². The van der Waals surface area contributed by atoms with E-state index in [0.29, 0.717) is 23.5 Å². The molecule has 2 aromatic rings. The van der Waals surface area contributed by atoms with Gasteiger partial charge in [-0.25, -0.2) is 22.0 Å². The second-order valence-electron chi connectivity index (χ2n) is 9.75. The molecule has 1 N–H and O–H groups in total. The Bertz CT molecular complexity index is 1040. The number of benzene rings is 2. The van der Waals surface area contributed by atoms with Crippen LogP contribution < -0.4 is 4.74 Å². The fraction of sp³-hybridized carbons (Fsp3) is 0.520. The smallest absolute Gasteiger partial charge is 0.200 e. The van der Waals surface area contributed by atoms with Crippen LogP contribution in [0, 0.1) is 46.3 Å². The highest BCUT2D eigenvalue weighted by Crippen LogP contribution is 2.60. The van der Waals surface area contributed by atoms with E-state index >= 15 is 0 Å². The molecule has 0 unspecified atom stereocenters. The molecule has 2 nitrogen and oxygen atoms in total. The Morgan fingerprint density at radius 1 is 0.938 bits per heavy atom. The minimum absolute atomic E-state index is 0.00439. The number of ether oxygens (including phenoxy) is 1. The SMILES string of the molecule is C[C@]12CC[C@@H]3c4ccc(OCc5c(F)c(F)c(F)c(F)c5F)cc4CC[C@H]3[C@@H]1CC[C@H]2O. The van der Waals surface area contributed by atoms with Crippen LogP contribution in [0.4, 0.5) is 22.0 Å². The Morgan fingerprint density at radius 3 is 2.34 bits per heavy atom. The van der Waals surface area contributed by atoms with Crippen molar-refractivity contribution < 1.29 is 31.8 Å². The fourth-order valence-corrected chi connectivity index (χ4v) is 6.55. The van der Waals surface area contributed by atoms with Crippen molar-refractivity contribution in [3.05, 3.63) is 64.0 Å². The lowest BCUT2D eigenvalue weighted by Gasteiger charge is -2.50. The predicted molar refractivity (Wildman–Crippen MR) is 108 cm³/mol. The molecule has 2 fully saturated rings. The maximum Gasteiger partial charge on any atom is 0.200 e.